The van der Waals surface area contributed by atoms with E-state index in [9.17, 15) is 0 Å². The van der Waals surface area contributed by atoms with Crippen molar-refractivity contribution in [2.75, 3.05) is 20.1 Å². The zero-order valence-corrected chi connectivity index (χ0v) is 11.0. The highest BCUT2D eigenvalue weighted by Gasteiger charge is 1.86. The number of likely N-dealkylation sites (N-methyl/N-ethyl adjacent to an activating group) is 1. The minimum absolute atomic E-state index is 0.630. The van der Waals surface area contributed by atoms with Crippen molar-refractivity contribution in [2.45, 2.75) is 6.92 Å². The molecule has 0 aliphatic carbocycles. The van der Waals surface area contributed by atoms with Crippen molar-refractivity contribution in [1.29, 1.82) is 0 Å². The van der Waals surface area contributed by atoms with E-state index in [1.54, 1.807) is 25.2 Å². The molecular formula is C14H25N3. The van der Waals surface area contributed by atoms with E-state index in [1.165, 1.54) is 0 Å². The fourth-order valence-electron chi connectivity index (χ4n) is 0.962. The van der Waals surface area contributed by atoms with Gasteiger partial charge in [0, 0.05) is 24.5 Å². The maximum Gasteiger partial charge on any atom is 0.0330 e. The van der Waals surface area contributed by atoms with Crippen LogP contribution in [0, 0.1) is 0 Å². The third-order valence-electron chi connectivity index (χ3n) is 1.59. The van der Waals surface area contributed by atoms with Gasteiger partial charge in [0.05, 0.1) is 0 Å². The summed E-state index contributed by atoms with van der Waals surface area (Å²) < 4.78 is 0. The number of rotatable bonds is 6. The van der Waals surface area contributed by atoms with Crippen molar-refractivity contribution in [3.63, 3.8) is 0 Å². The topological polar surface area (TPSA) is 55.3 Å². The maximum atomic E-state index is 5.42. The van der Waals surface area contributed by atoms with Gasteiger partial charge in [-0.2, -0.15) is 0 Å². The van der Waals surface area contributed by atoms with Gasteiger partial charge in [0.1, 0.15) is 0 Å². The molecule has 0 saturated carbocycles. The van der Waals surface area contributed by atoms with Gasteiger partial charge in [-0.15, -0.1) is 13.2 Å². The van der Waals surface area contributed by atoms with Crippen molar-refractivity contribution in [3.8, 4) is 0 Å². The van der Waals surface area contributed by atoms with Crippen molar-refractivity contribution in [1.82, 2.24) is 4.90 Å². The number of allylic oxidation sites excluding steroid dienone is 4. The Morgan fingerprint density at radius 2 is 1.59 bits per heavy atom. The fourth-order valence-corrected chi connectivity index (χ4v) is 0.962. The summed E-state index contributed by atoms with van der Waals surface area (Å²) in [5.74, 6) is 0. The molecule has 0 radical (unpaired) electrons. The Morgan fingerprint density at radius 1 is 1.12 bits per heavy atom. The average Bonchev–Trinajstić information content (AvgIpc) is 2.18. The van der Waals surface area contributed by atoms with Crippen LogP contribution < -0.4 is 11.5 Å². The fraction of sp³-hybridized carbons (Fsp3) is 0.286. The second-order valence-electron chi connectivity index (χ2n) is 3.59. The highest BCUT2D eigenvalue weighted by molar-refractivity contribution is 5.21. The number of hydrogen-bond donors (Lipinski definition) is 2. The van der Waals surface area contributed by atoms with E-state index in [1.807, 2.05) is 19.2 Å². The molecular weight excluding hydrogens is 210 g/mol. The summed E-state index contributed by atoms with van der Waals surface area (Å²) in [7, 11) is 2.03. The lowest BCUT2D eigenvalue weighted by Gasteiger charge is -2.09. The standard InChI is InChI=1S/C7H12N2.C7H13N/c1-3-4-7(9)5-6(2)8;1-4-6-8(3)7-5-2/h3-5H,1,8-9H2,2H3;4-5H,1-2,6-7H2,3H3/b6-5+,7-4+;. The van der Waals surface area contributed by atoms with Gasteiger partial charge < -0.3 is 11.5 Å². The van der Waals surface area contributed by atoms with Crippen LogP contribution in [0.15, 0.2) is 61.5 Å². The van der Waals surface area contributed by atoms with E-state index in [0.717, 1.165) is 13.1 Å². The number of hydrogen-bond acceptors (Lipinski definition) is 3. The van der Waals surface area contributed by atoms with Gasteiger partial charge in [-0.25, -0.2) is 0 Å². The smallest absolute Gasteiger partial charge is 0.0330 e. The highest BCUT2D eigenvalue weighted by Crippen LogP contribution is 1.89. The van der Waals surface area contributed by atoms with Gasteiger partial charge in [-0.3, -0.25) is 4.90 Å². The molecule has 0 amide bonds. The molecule has 0 aromatic heterocycles. The Labute approximate surface area is 105 Å². The first-order valence-electron chi connectivity index (χ1n) is 5.40. The summed E-state index contributed by atoms with van der Waals surface area (Å²) in [6.45, 7) is 14.3. The van der Waals surface area contributed by atoms with Crippen molar-refractivity contribution < 1.29 is 0 Å². The molecule has 96 valence electrons. The van der Waals surface area contributed by atoms with Crippen LogP contribution in [-0.4, -0.2) is 25.0 Å². The van der Waals surface area contributed by atoms with E-state index in [4.69, 9.17) is 11.5 Å². The Morgan fingerprint density at radius 3 is 1.88 bits per heavy atom. The van der Waals surface area contributed by atoms with Gasteiger partial charge in [0.15, 0.2) is 0 Å². The average molecular weight is 235 g/mol. The Hall–Kier alpha value is -1.74. The normalized spacial score (nSPS) is 11.5. The Kier molecular flexibility index (Phi) is 12.8. The summed E-state index contributed by atoms with van der Waals surface area (Å²) in [6.07, 6.45) is 8.75. The molecule has 0 bridgehead atoms. The molecule has 4 N–H and O–H groups in total. The molecule has 0 aromatic rings. The molecule has 3 heteroatoms. The summed E-state index contributed by atoms with van der Waals surface area (Å²) in [5, 5.41) is 0. The predicted molar refractivity (Wildman–Crippen MR) is 78.3 cm³/mol. The first-order chi connectivity index (χ1) is 7.97. The van der Waals surface area contributed by atoms with E-state index >= 15 is 0 Å². The summed E-state index contributed by atoms with van der Waals surface area (Å²) >= 11 is 0. The molecule has 0 spiro atoms. The summed E-state index contributed by atoms with van der Waals surface area (Å²) in [6, 6.07) is 0. The predicted octanol–water partition coefficient (Wildman–Crippen LogP) is 2.17. The molecule has 0 saturated heterocycles. The third-order valence-corrected chi connectivity index (χ3v) is 1.59. The molecule has 0 rings (SSSR count). The monoisotopic (exact) mass is 235 g/mol. The van der Waals surface area contributed by atoms with Crippen LogP contribution >= 0.6 is 0 Å². The van der Waals surface area contributed by atoms with Gasteiger partial charge in [0.25, 0.3) is 0 Å². The second-order valence-corrected chi connectivity index (χ2v) is 3.59. The molecule has 0 aliphatic heterocycles. The van der Waals surface area contributed by atoms with Crippen LogP contribution in [0.25, 0.3) is 0 Å². The van der Waals surface area contributed by atoms with Gasteiger partial charge in [0.2, 0.25) is 0 Å². The minimum atomic E-state index is 0.630. The van der Waals surface area contributed by atoms with Crippen molar-refractivity contribution >= 4 is 0 Å². The minimum Gasteiger partial charge on any atom is -0.402 e. The molecule has 3 nitrogen and oxygen atoms in total. The zero-order valence-electron chi connectivity index (χ0n) is 11.0. The van der Waals surface area contributed by atoms with E-state index in [2.05, 4.69) is 24.6 Å². The number of nitrogens with zero attached hydrogens (tertiary/aromatic N) is 1. The van der Waals surface area contributed by atoms with Gasteiger partial charge in [-0.1, -0.05) is 24.8 Å². The summed E-state index contributed by atoms with van der Waals surface area (Å²) in [5.41, 5.74) is 12.1. The van der Waals surface area contributed by atoms with Crippen LogP contribution in [0.2, 0.25) is 0 Å². The van der Waals surface area contributed by atoms with Gasteiger partial charge in [-0.05, 0) is 26.1 Å². The first-order valence-corrected chi connectivity index (χ1v) is 5.40. The highest BCUT2D eigenvalue weighted by atomic mass is 15.1. The van der Waals surface area contributed by atoms with Crippen LogP contribution in [0.3, 0.4) is 0 Å². The molecule has 0 heterocycles. The van der Waals surface area contributed by atoms with E-state index in [0.29, 0.717) is 11.4 Å². The van der Waals surface area contributed by atoms with Crippen LogP contribution in [0.1, 0.15) is 6.92 Å². The lowest BCUT2D eigenvalue weighted by molar-refractivity contribution is 0.413. The Balaban J connectivity index is 0. The molecule has 0 unspecified atom stereocenters. The largest absolute Gasteiger partial charge is 0.402 e. The SMILES string of the molecule is C=C/C=C(N)\C=C(/C)N.C=CCN(C)CC=C. The van der Waals surface area contributed by atoms with Crippen molar-refractivity contribution in [2.24, 2.45) is 11.5 Å². The molecule has 0 fully saturated rings. The zero-order chi connectivity index (χ0) is 13.7. The number of nitrogens with two attached hydrogens (primary N) is 2. The van der Waals surface area contributed by atoms with Crippen LogP contribution in [-0.2, 0) is 0 Å². The molecule has 17 heavy (non-hydrogen) atoms. The third kappa shape index (κ3) is 16.9. The summed E-state index contributed by atoms with van der Waals surface area (Å²) in [4.78, 5) is 2.12. The van der Waals surface area contributed by atoms with Crippen LogP contribution in [0.5, 0.6) is 0 Å². The van der Waals surface area contributed by atoms with E-state index < -0.39 is 0 Å². The first kappa shape index (κ1) is 17.6. The van der Waals surface area contributed by atoms with Gasteiger partial charge >= 0.3 is 0 Å². The molecule has 0 atom stereocenters. The molecule has 0 aromatic carbocycles. The van der Waals surface area contributed by atoms with Crippen molar-refractivity contribution in [3.05, 3.63) is 61.5 Å². The second kappa shape index (κ2) is 12.3. The molecule has 0 aliphatic rings. The lowest BCUT2D eigenvalue weighted by Crippen LogP contribution is -2.17. The maximum absolute atomic E-state index is 5.42. The lowest BCUT2D eigenvalue weighted by atomic mass is 10.3. The Bertz CT molecular complexity index is 274. The van der Waals surface area contributed by atoms with E-state index in [-0.39, 0.29) is 0 Å². The van der Waals surface area contributed by atoms with Crippen LogP contribution in [0.4, 0.5) is 0 Å². The quantitative estimate of drug-likeness (QED) is 0.548.